The number of aromatic nitrogens is 3. The van der Waals surface area contributed by atoms with Crippen molar-refractivity contribution < 1.29 is 13.6 Å². The number of carbonyl (C=O) groups is 1. The summed E-state index contributed by atoms with van der Waals surface area (Å²) in [5.74, 6) is 0.432. The molecule has 1 N–H and O–H groups in total. The quantitative estimate of drug-likeness (QED) is 0.312. The number of piperidine rings is 1. The van der Waals surface area contributed by atoms with Gasteiger partial charge in [-0.15, -0.1) is 5.10 Å². The summed E-state index contributed by atoms with van der Waals surface area (Å²) in [6, 6.07) is 18.2. The van der Waals surface area contributed by atoms with Gasteiger partial charge in [-0.25, -0.2) is 13.3 Å². The van der Waals surface area contributed by atoms with E-state index in [9.17, 15) is 13.6 Å². The SMILES string of the molecule is O=Cc1ccc(Nc2nc3c(N4CCC(CC(F)F)(c5ccc(Cl)cc5)CC4)cccn3n2)cc1. The maximum absolute atomic E-state index is 13.6. The average molecular weight is 496 g/mol. The topological polar surface area (TPSA) is 62.5 Å². The van der Waals surface area contributed by atoms with Gasteiger partial charge in [0.05, 0.1) is 5.69 Å². The number of carbonyl (C=O) groups excluding carboxylic acids is 1. The number of hydrogen-bond donors (Lipinski definition) is 1. The maximum Gasteiger partial charge on any atom is 0.247 e. The zero-order chi connectivity index (χ0) is 24.4. The van der Waals surface area contributed by atoms with E-state index in [4.69, 9.17) is 11.6 Å². The molecule has 0 unspecified atom stereocenters. The third kappa shape index (κ3) is 4.84. The van der Waals surface area contributed by atoms with Gasteiger partial charge in [-0.1, -0.05) is 23.7 Å². The number of benzene rings is 2. The molecule has 1 saturated heterocycles. The van der Waals surface area contributed by atoms with Crippen molar-refractivity contribution in [2.45, 2.75) is 31.1 Å². The van der Waals surface area contributed by atoms with Gasteiger partial charge >= 0.3 is 0 Å². The molecule has 0 aliphatic carbocycles. The molecule has 9 heteroatoms. The predicted octanol–water partition coefficient (Wildman–Crippen LogP) is 6.13. The fourth-order valence-electron chi connectivity index (χ4n) is 4.85. The highest BCUT2D eigenvalue weighted by Gasteiger charge is 2.39. The number of nitrogens with zero attached hydrogens (tertiary/aromatic N) is 4. The Morgan fingerprint density at radius 3 is 2.43 bits per heavy atom. The van der Waals surface area contributed by atoms with Crippen LogP contribution in [0.3, 0.4) is 0 Å². The lowest BCUT2D eigenvalue weighted by Crippen LogP contribution is -2.44. The van der Waals surface area contributed by atoms with E-state index in [1.165, 1.54) is 0 Å². The van der Waals surface area contributed by atoms with Crippen molar-refractivity contribution in [3.8, 4) is 0 Å². The third-order valence-corrected chi connectivity index (χ3v) is 6.96. The highest BCUT2D eigenvalue weighted by atomic mass is 35.5. The standard InChI is InChI=1S/C26H24ClF2N5O/c27-20-7-5-19(6-8-20)26(16-23(28)29)11-14-33(15-12-26)22-2-1-13-34-24(22)31-25(32-34)30-21-9-3-18(17-35)4-10-21/h1-10,13,17,23H,11-12,14-16H2,(H,30,32). The molecule has 1 fully saturated rings. The monoisotopic (exact) mass is 495 g/mol. The van der Waals surface area contributed by atoms with Crippen molar-refractivity contribution in [1.82, 2.24) is 14.6 Å². The van der Waals surface area contributed by atoms with Gasteiger partial charge in [0.2, 0.25) is 12.4 Å². The molecule has 2 aromatic heterocycles. The summed E-state index contributed by atoms with van der Waals surface area (Å²) < 4.78 is 28.9. The minimum Gasteiger partial charge on any atom is -0.368 e. The van der Waals surface area contributed by atoms with Gasteiger partial charge in [-0.05, 0) is 66.9 Å². The molecule has 1 aliphatic heterocycles. The van der Waals surface area contributed by atoms with Crippen molar-refractivity contribution in [3.63, 3.8) is 0 Å². The van der Waals surface area contributed by atoms with E-state index in [1.54, 1.807) is 40.9 Å². The fraction of sp³-hybridized carbons (Fsp3) is 0.269. The first kappa shape index (κ1) is 23.2. The second kappa shape index (κ2) is 9.62. The first-order valence-electron chi connectivity index (χ1n) is 11.4. The van der Waals surface area contributed by atoms with E-state index in [1.807, 2.05) is 30.5 Å². The van der Waals surface area contributed by atoms with Crippen LogP contribution in [0.5, 0.6) is 0 Å². The van der Waals surface area contributed by atoms with Crippen molar-refractivity contribution >= 4 is 40.9 Å². The van der Waals surface area contributed by atoms with Gasteiger partial charge in [0, 0.05) is 47.4 Å². The number of anilines is 3. The molecule has 0 amide bonds. The van der Waals surface area contributed by atoms with Crippen LogP contribution in [0.15, 0.2) is 66.9 Å². The number of hydrogen-bond acceptors (Lipinski definition) is 5. The summed E-state index contributed by atoms with van der Waals surface area (Å²) >= 11 is 6.04. The zero-order valence-corrected chi connectivity index (χ0v) is 19.6. The smallest absolute Gasteiger partial charge is 0.247 e. The summed E-state index contributed by atoms with van der Waals surface area (Å²) in [5, 5.41) is 8.28. The largest absolute Gasteiger partial charge is 0.368 e. The minimum absolute atomic E-state index is 0.172. The summed E-state index contributed by atoms with van der Waals surface area (Å²) in [7, 11) is 0. The molecule has 3 heterocycles. The molecule has 180 valence electrons. The highest BCUT2D eigenvalue weighted by molar-refractivity contribution is 6.30. The zero-order valence-electron chi connectivity index (χ0n) is 18.9. The molecular formula is C26H24ClF2N5O. The molecule has 0 saturated carbocycles. The third-order valence-electron chi connectivity index (χ3n) is 6.71. The normalized spacial score (nSPS) is 15.5. The Kier molecular flexibility index (Phi) is 6.38. The summed E-state index contributed by atoms with van der Waals surface area (Å²) in [6.07, 6.45) is 1.26. The Morgan fingerprint density at radius 2 is 1.77 bits per heavy atom. The van der Waals surface area contributed by atoms with Crippen LogP contribution in [0.1, 0.15) is 35.2 Å². The molecule has 2 aromatic carbocycles. The molecule has 5 rings (SSSR count). The molecule has 6 nitrogen and oxygen atoms in total. The van der Waals surface area contributed by atoms with Gasteiger partial charge < -0.3 is 10.2 Å². The molecule has 35 heavy (non-hydrogen) atoms. The van der Waals surface area contributed by atoms with Crippen LogP contribution in [0.2, 0.25) is 5.02 Å². The van der Waals surface area contributed by atoms with Gasteiger partial charge in [0.15, 0.2) is 5.65 Å². The second-order valence-corrected chi connectivity index (χ2v) is 9.27. The van der Waals surface area contributed by atoms with E-state index >= 15 is 0 Å². The molecule has 0 radical (unpaired) electrons. The number of pyridine rings is 1. The van der Waals surface area contributed by atoms with Gasteiger partial charge in [-0.3, -0.25) is 4.79 Å². The summed E-state index contributed by atoms with van der Waals surface area (Å²) in [6.45, 7) is 1.25. The van der Waals surface area contributed by atoms with Crippen molar-refractivity contribution in [3.05, 3.63) is 83.0 Å². The number of nitrogens with one attached hydrogen (secondary N) is 1. The van der Waals surface area contributed by atoms with Crippen LogP contribution < -0.4 is 10.2 Å². The number of halogens is 3. The van der Waals surface area contributed by atoms with Gasteiger partial charge in [0.1, 0.15) is 6.29 Å². The van der Waals surface area contributed by atoms with Crippen LogP contribution in [0, 0.1) is 0 Å². The van der Waals surface area contributed by atoms with Crippen LogP contribution in [-0.4, -0.2) is 40.4 Å². The van der Waals surface area contributed by atoms with Crippen molar-refractivity contribution in [2.24, 2.45) is 0 Å². The fourth-order valence-corrected chi connectivity index (χ4v) is 4.98. The van der Waals surface area contributed by atoms with Crippen LogP contribution >= 0.6 is 11.6 Å². The number of alkyl halides is 2. The summed E-state index contributed by atoms with van der Waals surface area (Å²) in [5.41, 5.74) is 3.28. The second-order valence-electron chi connectivity index (χ2n) is 8.83. The van der Waals surface area contributed by atoms with Crippen LogP contribution in [0.4, 0.5) is 26.1 Å². The summed E-state index contributed by atoms with van der Waals surface area (Å²) in [4.78, 5) is 17.7. The highest BCUT2D eigenvalue weighted by Crippen LogP contribution is 2.42. The molecule has 1 aliphatic rings. The molecule has 0 atom stereocenters. The van der Waals surface area contributed by atoms with E-state index in [0.717, 1.165) is 23.2 Å². The molecule has 0 bridgehead atoms. The van der Waals surface area contributed by atoms with Crippen LogP contribution in [0.25, 0.3) is 5.65 Å². The minimum atomic E-state index is -2.38. The van der Waals surface area contributed by atoms with E-state index in [2.05, 4.69) is 20.3 Å². The first-order valence-corrected chi connectivity index (χ1v) is 11.8. The van der Waals surface area contributed by atoms with Crippen LogP contribution in [-0.2, 0) is 5.41 Å². The van der Waals surface area contributed by atoms with E-state index in [-0.39, 0.29) is 6.42 Å². The number of rotatable bonds is 7. The van der Waals surface area contributed by atoms with Gasteiger partial charge in [-0.2, -0.15) is 4.98 Å². The number of fused-ring (bicyclic) bond motifs is 1. The van der Waals surface area contributed by atoms with Crippen molar-refractivity contribution in [2.75, 3.05) is 23.3 Å². The lowest BCUT2D eigenvalue weighted by Gasteiger charge is -2.43. The molecule has 4 aromatic rings. The Labute approximate surface area is 206 Å². The van der Waals surface area contributed by atoms with E-state index < -0.39 is 11.8 Å². The predicted molar refractivity (Wildman–Crippen MR) is 133 cm³/mol. The average Bonchev–Trinajstić information content (AvgIpc) is 3.27. The lowest BCUT2D eigenvalue weighted by molar-refractivity contribution is 0.0925. The first-order chi connectivity index (χ1) is 17.0. The Bertz CT molecular complexity index is 1320. The molecular weight excluding hydrogens is 472 g/mol. The number of aldehydes is 1. The Morgan fingerprint density at radius 1 is 1.06 bits per heavy atom. The lowest BCUT2D eigenvalue weighted by atomic mass is 9.70. The maximum atomic E-state index is 13.6. The Balaban J connectivity index is 1.38. The Hall–Kier alpha value is -3.52. The molecule has 0 spiro atoms. The van der Waals surface area contributed by atoms with Gasteiger partial charge in [0.25, 0.3) is 0 Å². The van der Waals surface area contributed by atoms with E-state index in [0.29, 0.717) is 48.1 Å². The van der Waals surface area contributed by atoms with Crippen molar-refractivity contribution in [1.29, 1.82) is 0 Å².